The van der Waals surface area contributed by atoms with E-state index in [0.717, 1.165) is 19.3 Å². The highest BCUT2D eigenvalue weighted by Gasteiger charge is 2.16. The first-order chi connectivity index (χ1) is 9.22. The normalized spacial score (nSPS) is 11.7. The summed E-state index contributed by atoms with van der Waals surface area (Å²) in [6.07, 6.45) is 3.08. The number of hydrogen-bond donors (Lipinski definition) is 1. The number of tetrazole rings is 1. The molecule has 0 aromatic carbocycles. The van der Waals surface area contributed by atoms with Gasteiger partial charge in [0.25, 0.3) is 0 Å². The maximum Gasteiger partial charge on any atom is 0.353 e. The van der Waals surface area contributed by atoms with Crippen LogP contribution in [0.25, 0.3) is 16.8 Å². The van der Waals surface area contributed by atoms with E-state index >= 15 is 0 Å². The standard InChI is InChI=1S/C10H12BrN7O/c1-2-3-4-5-17-7-6(12-9(11)13-7)8-14-15-16-18(8)10(17)19/h2-5H2,1H3,(H,12,13). The number of aromatic amines is 1. The highest BCUT2D eigenvalue weighted by molar-refractivity contribution is 9.10. The third-order valence-electron chi connectivity index (χ3n) is 3.00. The molecule has 0 bridgehead atoms. The predicted octanol–water partition coefficient (Wildman–Crippen LogP) is 1.11. The smallest absolute Gasteiger partial charge is 0.328 e. The van der Waals surface area contributed by atoms with E-state index in [2.05, 4.69) is 48.3 Å². The van der Waals surface area contributed by atoms with Gasteiger partial charge in [-0.15, -0.1) is 9.61 Å². The second kappa shape index (κ2) is 4.72. The van der Waals surface area contributed by atoms with Gasteiger partial charge >= 0.3 is 5.69 Å². The van der Waals surface area contributed by atoms with Crippen molar-refractivity contribution in [3.8, 4) is 0 Å². The summed E-state index contributed by atoms with van der Waals surface area (Å²) >= 11 is 3.28. The van der Waals surface area contributed by atoms with E-state index in [1.165, 1.54) is 4.52 Å². The molecule has 3 aromatic rings. The second-order valence-corrected chi connectivity index (χ2v) is 5.03. The number of rotatable bonds is 4. The third-order valence-corrected chi connectivity index (χ3v) is 3.38. The van der Waals surface area contributed by atoms with E-state index in [9.17, 15) is 4.79 Å². The number of nitrogens with one attached hydrogen (secondary N) is 1. The van der Waals surface area contributed by atoms with E-state index in [-0.39, 0.29) is 5.69 Å². The first-order valence-electron chi connectivity index (χ1n) is 6.08. The molecule has 3 rings (SSSR count). The Balaban J connectivity index is 2.26. The van der Waals surface area contributed by atoms with Crippen LogP contribution in [0.2, 0.25) is 0 Å². The van der Waals surface area contributed by atoms with Gasteiger partial charge in [0.1, 0.15) is 5.52 Å². The lowest BCUT2D eigenvalue weighted by molar-refractivity contribution is 0.576. The van der Waals surface area contributed by atoms with E-state index in [1.807, 2.05) is 0 Å². The van der Waals surface area contributed by atoms with Crippen molar-refractivity contribution >= 4 is 32.7 Å². The Morgan fingerprint density at radius 3 is 2.95 bits per heavy atom. The van der Waals surface area contributed by atoms with Crippen LogP contribution in [0.3, 0.4) is 0 Å². The van der Waals surface area contributed by atoms with Crippen molar-refractivity contribution in [1.29, 1.82) is 0 Å². The van der Waals surface area contributed by atoms with Crippen LogP contribution in [-0.2, 0) is 6.54 Å². The summed E-state index contributed by atoms with van der Waals surface area (Å²) in [6, 6.07) is 0. The zero-order valence-corrected chi connectivity index (χ0v) is 11.9. The summed E-state index contributed by atoms with van der Waals surface area (Å²) in [5.74, 6) is 0. The van der Waals surface area contributed by atoms with Crippen molar-refractivity contribution in [2.24, 2.45) is 0 Å². The SMILES string of the molecule is CCCCCn1c(=O)n2nnnc2c2[nH]c(Br)nc21. The molecule has 1 N–H and O–H groups in total. The number of hydrogen-bond acceptors (Lipinski definition) is 5. The number of unbranched alkanes of at least 4 members (excludes halogenated alkanes) is 2. The van der Waals surface area contributed by atoms with Crippen LogP contribution in [0.4, 0.5) is 0 Å². The fourth-order valence-corrected chi connectivity index (χ4v) is 2.45. The fourth-order valence-electron chi connectivity index (χ4n) is 2.09. The van der Waals surface area contributed by atoms with Gasteiger partial charge < -0.3 is 4.98 Å². The van der Waals surface area contributed by atoms with Gasteiger partial charge in [-0.2, -0.15) is 0 Å². The molecule has 0 saturated heterocycles. The average Bonchev–Trinajstić information content (AvgIpc) is 2.99. The minimum atomic E-state index is -0.261. The molecule has 0 amide bonds. The molecule has 8 nitrogen and oxygen atoms in total. The molecule has 0 saturated carbocycles. The fraction of sp³-hybridized carbons (Fsp3) is 0.500. The number of halogens is 1. The second-order valence-electron chi connectivity index (χ2n) is 4.28. The van der Waals surface area contributed by atoms with Crippen LogP contribution in [0.1, 0.15) is 26.2 Å². The predicted molar refractivity (Wildman–Crippen MR) is 71.9 cm³/mol. The van der Waals surface area contributed by atoms with Crippen LogP contribution in [0.5, 0.6) is 0 Å². The van der Waals surface area contributed by atoms with Crippen LogP contribution in [0.15, 0.2) is 9.53 Å². The van der Waals surface area contributed by atoms with Gasteiger partial charge in [0, 0.05) is 6.54 Å². The number of fused-ring (bicyclic) bond motifs is 3. The Bertz CT molecular complexity index is 786. The first-order valence-corrected chi connectivity index (χ1v) is 6.87. The molecule has 0 aliphatic heterocycles. The minimum absolute atomic E-state index is 0.261. The van der Waals surface area contributed by atoms with E-state index in [4.69, 9.17) is 0 Å². The van der Waals surface area contributed by atoms with E-state index in [1.54, 1.807) is 4.57 Å². The number of nitrogens with zero attached hydrogens (tertiary/aromatic N) is 6. The zero-order valence-electron chi connectivity index (χ0n) is 10.3. The number of imidazole rings is 1. The molecule has 0 spiro atoms. The highest BCUT2D eigenvalue weighted by Crippen LogP contribution is 2.17. The Hall–Kier alpha value is -1.77. The first kappa shape index (κ1) is 12.3. The maximum absolute atomic E-state index is 12.3. The lowest BCUT2D eigenvalue weighted by atomic mass is 10.2. The number of aromatic nitrogens is 7. The molecular formula is C10H12BrN7O. The minimum Gasteiger partial charge on any atom is -0.328 e. The van der Waals surface area contributed by atoms with Crippen LogP contribution < -0.4 is 5.69 Å². The summed E-state index contributed by atoms with van der Waals surface area (Å²) < 4.78 is 3.36. The molecule has 100 valence electrons. The van der Waals surface area contributed by atoms with Crippen molar-refractivity contribution in [3.63, 3.8) is 0 Å². The summed E-state index contributed by atoms with van der Waals surface area (Å²) in [5, 5.41) is 11.1. The van der Waals surface area contributed by atoms with Gasteiger partial charge in [-0.25, -0.2) is 9.78 Å². The number of aryl methyl sites for hydroxylation is 1. The van der Waals surface area contributed by atoms with Gasteiger partial charge in [0.05, 0.1) is 0 Å². The highest BCUT2D eigenvalue weighted by atomic mass is 79.9. The lowest BCUT2D eigenvalue weighted by Gasteiger charge is -2.05. The largest absolute Gasteiger partial charge is 0.353 e. The molecule has 0 unspecified atom stereocenters. The molecule has 9 heteroatoms. The van der Waals surface area contributed by atoms with Crippen molar-refractivity contribution in [2.45, 2.75) is 32.7 Å². The van der Waals surface area contributed by atoms with Gasteiger partial charge in [0.2, 0.25) is 5.65 Å². The summed E-state index contributed by atoms with van der Waals surface area (Å²) in [5.41, 5.74) is 1.37. The van der Waals surface area contributed by atoms with Crippen molar-refractivity contribution in [1.82, 2.24) is 34.6 Å². The zero-order chi connectivity index (χ0) is 13.4. The molecule has 0 fully saturated rings. The Labute approximate surface area is 116 Å². The van der Waals surface area contributed by atoms with E-state index in [0.29, 0.717) is 28.1 Å². The lowest BCUT2D eigenvalue weighted by Crippen LogP contribution is -2.28. The Morgan fingerprint density at radius 1 is 1.32 bits per heavy atom. The maximum atomic E-state index is 12.3. The molecule has 0 aliphatic rings. The molecule has 0 atom stereocenters. The molecule has 19 heavy (non-hydrogen) atoms. The summed E-state index contributed by atoms with van der Waals surface area (Å²) in [7, 11) is 0. The van der Waals surface area contributed by atoms with Crippen molar-refractivity contribution < 1.29 is 0 Å². The molecule has 0 aliphatic carbocycles. The molecule has 3 aromatic heterocycles. The van der Waals surface area contributed by atoms with Crippen LogP contribution in [-0.4, -0.2) is 34.6 Å². The van der Waals surface area contributed by atoms with Crippen LogP contribution in [0, 0.1) is 0 Å². The molecule has 0 radical (unpaired) electrons. The summed E-state index contributed by atoms with van der Waals surface area (Å²) in [4.78, 5) is 19.6. The monoisotopic (exact) mass is 325 g/mol. The number of H-pyrrole nitrogens is 1. The quantitative estimate of drug-likeness (QED) is 0.573. The molecular weight excluding hydrogens is 314 g/mol. The van der Waals surface area contributed by atoms with Gasteiger partial charge in [-0.1, -0.05) is 19.8 Å². The Kier molecular flexibility index (Phi) is 3.05. The average molecular weight is 326 g/mol. The molecule has 3 heterocycles. The van der Waals surface area contributed by atoms with Gasteiger partial charge in [0.15, 0.2) is 10.4 Å². The van der Waals surface area contributed by atoms with Crippen molar-refractivity contribution in [2.75, 3.05) is 0 Å². The van der Waals surface area contributed by atoms with E-state index < -0.39 is 0 Å². The van der Waals surface area contributed by atoms with Crippen molar-refractivity contribution in [3.05, 3.63) is 15.2 Å². The van der Waals surface area contributed by atoms with Crippen LogP contribution >= 0.6 is 15.9 Å². The van der Waals surface area contributed by atoms with Gasteiger partial charge in [-0.3, -0.25) is 4.57 Å². The Morgan fingerprint density at radius 2 is 2.16 bits per heavy atom. The third kappa shape index (κ3) is 1.93. The summed E-state index contributed by atoms with van der Waals surface area (Å²) in [6.45, 7) is 2.73. The van der Waals surface area contributed by atoms with Gasteiger partial charge in [-0.05, 0) is 32.8 Å². The topological polar surface area (TPSA) is 93.8 Å².